The summed E-state index contributed by atoms with van der Waals surface area (Å²) in [6.45, 7) is 3.86. The summed E-state index contributed by atoms with van der Waals surface area (Å²) in [5.41, 5.74) is 2.78. The Morgan fingerprint density at radius 3 is 3.00 bits per heavy atom. The quantitative estimate of drug-likeness (QED) is 0.720. The van der Waals surface area contributed by atoms with E-state index < -0.39 is 0 Å². The van der Waals surface area contributed by atoms with E-state index in [4.69, 9.17) is 4.98 Å². The van der Waals surface area contributed by atoms with Gasteiger partial charge >= 0.3 is 0 Å². The number of hydrogen-bond donors (Lipinski definition) is 1. The summed E-state index contributed by atoms with van der Waals surface area (Å²) in [5.74, 6) is -0.00481. The fraction of sp³-hybridized carbons (Fsp3) is 0.429. The highest BCUT2D eigenvalue weighted by Gasteiger charge is 2.28. The minimum Gasteiger partial charge on any atom is -0.396 e. The van der Waals surface area contributed by atoms with Crippen LogP contribution in [0.25, 0.3) is 21.6 Å². The molecule has 142 valence electrons. The van der Waals surface area contributed by atoms with Crippen molar-refractivity contribution in [2.24, 2.45) is 0 Å². The third-order valence-corrected chi connectivity index (χ3v) is 6.28. The van der Waals surface area contributed by atoms with Crippen LogP contribution >= 0.6 is 11.3 Å². The van der Waals surface area contributed by atoms with E-state index in [-0.39, 0.29) is 18.6 Å². The van der Waals surface area contributed by atoms with Crippen LogP contribution in [0.1, 0.15) is 43.1 Å². The van der Waals surface area contributed by atoms with E-state index in [1.54, 1.807) is 0 Å². The molecule has 1 aliphatic heterocycles. The summed E-state index contributed by atoms with van der Waals surface area (Å²) in [6.07, 6.45) is 3.75. The molecule has 3 aromatic rings. The number of nitrogens with zero attached hydrogens (tertiary/aromatic N) is 3. The Labute approximate surface area is 163 Å². The predicted octanol–water partition coefficient (Wildman–Crippen LogP) is 4.16. The first kappa shape index (κ1) is 18.2. The molecular weight excluding hydrogens is 358 g/mol. The van der Waals surface area contributed by atoms with Gasteiger partial charge in [-0.2, -0.15) is 0 Å². The maximum absolute atomic E-state index is 13.0. The maximum Gasteiger partial charge on any atom is 0.273 e. The summed E-state index contributed by atoms with van der Waals surface area (Å²) < 4.78 is 2.25. The van der Waals surface area contributed by atoms with E-state index in [2.05, 4.69) is 29.7 Å². The van der Waals surface area contributed by atoms with Crippen molar-refractivity contribution in [3.8, 4) is 10.7 Å². The highest BCUT2D eigenvalue weighted by Crippen LogP contribution is 2.31. The lowest BCUT2D eigenvalue weighted by Gasteiger charge is -2.35. The molecule has 3 heterocycles. The third-order valence-electron chi connectivity index (χ3n) is 5.42. The third kappa shape index (κ3) is 3.39. The molecule has 6 heteroatoms. The fourth-order valence-electron chi connectivity index (χ4n) is 4.08. The van der Waals surface area contributed by atoms with Crippen LogP contribution in [-0.4, -0.2) is 44.7 Å². The largest absolute Gasteiger partial charge is 0.396 e. The van der Waals surface area contributed by atoms with Crippen molar-refractivity contribution in [2.75, 3.05) is 13.2 Å². The van der Waals surface area contributed by atoms with Crippen molar-refractivity contribution in [3.63, 3.8) is 0 Å². The number of amides is 1. The molecule has 1 fully saturated rings. The molecule has 1 aromatic carbocycles. The number of hydrogen-bond acceptors (Lipinski definition) is 4. The molecule has 0 bridgehead atoms. The van der Waals surface area contributed by atoms with Crippen molar-refractivity contribution in [2.45, 2.75) is 45.2 Å². The maximum atomic E-state index is 13.0. The fourth-order valence-corrected chi connectivity index (χ4v) is 4.90. The second-order valence-corrected chi connectivity index (χ2v) is 7.89. The van der Waals surface area contributed by atoms with Crippen LogP contribution in [0.3, 0.4) is 0 Å². The van der Waals surface area contributed by atoms with Crippen LogP contribution in [0.2, 0.25) is 0 Å². The van der Waals surface area contributed by atoms with Crippen molar-refractivity contribution in [1.29, 1.82) is 0 Å². The topological polar surface area (TPSA) is 58.4 Å². The molecular formula is C21H25N3O2S. The zero-order chi connectivity index (χ0) is 18.8. The number of aromatic nitrogens is 2. The van der Waals surface area contributed by atoms with Gasteiger partial charge in [-0.15, -0.1) is 11.3 Å². The highest BCUT2D eigenvalue weighted by molar-refractivity contribution is 7.13. The van der Waals surface area contributed by atoms with E-state index in [1.165, 1.54) is 22.2 Å². The van der Waals surface area contributed by atoms with E-state index in [0.717, 1.165) is 43.1 Å². The molecule has 1 aliphatic rings. The van der Waals surface area contributed by atoms with Gasteiger partial charge in [0.15, 0.2) is 0 Å². The molecule has 0 aliphatic carbocycles. The first-order valence-electron chi connectivity index (χ1n) is 9.69. The molecule has 0 radical (unpaired) electrons. The molecule has 1 saturated heterocycles. The van der Waals surface area contributed by atoms with Gasteiger partial charge in [-0.3, -0.25) is 4.79 Å². The van der Waals surface area contributed by atoms with Gasteiger partial charge in [0.1, 0.15) is 10.7 Å². The summed E-state index contributed by atoms with van der Waals surface area (Å²) in [6, 6.07) is 10.6. The smallest absolute Gasteiger partial charge is 0.273 e. The lowest BCUT2D eigenvalue weighted by molar-refractivity contribution is 0.0569. The molecule has 1 atom stereocenters. The van der Waals surface area contributed by atoms with Gasteiger partial charge in [0.2, 0.25) is 0 Å². The van der Waals surface area contributed by atoms with Crippen molar-refractivity contribution in [1.82, 2.24) is 14.5 Å². The predicted molar refractivity (Wildman–Crippen MR) is 109 cm³/mol. The second-order valence-electron chi connectivity index (χ2n) is 7.03. The number of benzene rings is 1. The number of aliphatic hydroxyl groups excluding tert-OH is 1. The number of carbonyl (C=O) groups excluding carboxylic acids is 1. The number of carbonyl (C=O) groups is 1. The van der Waals surface area contributed by atoms with E-state index in [0.29, 0.717) is 12.1 Å². The molecule has 4 rings (SSSR count). The zero-order valence-electron chi connectivity index (χ0n) is 15.6. The Morgan fingerprint density at radius 1 is 1.33 bits per heavy atom. The Morgan fingerprint density at radius 2 is 2.19 bits per heavy atom. The van der Waals surface area contributed by atoms with E-state index >= 15 is 0 Å². The summed E-state index contributed by atoms with van der Waals surface area (Å²) >= 11 is 1.53. The number of rotatable bonds is 5. The average molecular weight is 384 g/mol. The summed E-state index contributed by atoms with van der Waals surface area (Å²) in [4.78, 5) is 19.6. The van der Waals surface area contributed by atoms with Crippen molar-refractivity contribution >= 4 is 28.1 Å². The van der Waals surface area contributed by atoms with Gasteiger partial charge in [0, 0.05) is 42.0 Å². The molecule has 1 N–H and O–H groups in total. The van der Waals surface area contributed by atoms with Crippen molar-refractivity contribution in [3.05, 3.63) is 41.4 Å². The number of piperidine rings is 1. The lowest BCUT2D eigenvalue weighted by atomic mass is 9.99. The standard InChI is InChI=1S/C21H25N3O2S/c1-2-23-18-9-4-3-7-15(18)13-19(23)20-22-17(14-27-20)21(26)24-11-6-5-8-16(24)10-12-25/h3-4,7,9,13-14,16,25H,2,5-6,8,10-12H2,1H3. The van der Waals surface area contributed by atoms with Crippen molar-refractivity contribution < 1.29 is 9.90 Å². The van der Waals surface area contributed by atoms with Gasteiger partial charge in [-0.25, -0.2) is 4.98 Å². The Kier molecular flexibility index (Phi) is 5.27. The number of aryl methyl sites for hydroxylation is 1. The molecule has 27 heavy (non-hydrogen) atoms. The first-order valence-corrected chi connectivity index (χ1v) is 10.6. The monoisotopic (exact) mass is 383 g/mol. The molecule has 1 unspecified atom stereocenters. The molecule has 0 saturated carbocycles. The first-order chi connectivity index (χ1) is 13.2. The van der Waals surface area contributed by atoms with Gasteiger partial charge in [-0.05, 0) is 44.7 Å². The van der Waals surface area contributed by atoms with Crippen LogP contribution in [0.5, 0.6) is 0 Å². The lowest BCUT2D eigenvalue weighted by Crippen LogP contribution is -2.44. The minimum atomic E-state index is -0.00481. The Balaban J connectivity index is 1.64. The number of likely N-dealkylation sites (tertiary alicyclic amines) is 1. The Bertz CT molecular complexity index is 944. The number of thiazole rings is 1. The highest BCUT2D eigenvalue weighted by atomic mass is 32.1. The van der Waals surface area contributed by atoms with Gasteiger partial charge in [0.05, 0.1) is 5.69 Å². The van der Waals surface area contributed by atoms with Crippen LogP contribution in [0.15, 0.2) is 35.7 Å². The number of para-hydroxylation sites is 1. The van der Waals surface area contributed by atoms with E-state index in [9.17, 15) is 9.90 Å². The van der Waals surface area contributed by atoms with E-state index in [1.807, 2.05) is 22.4 Å². The molecule has 0 spiro atoms. The van der Waals surface area contributed by atoms with Crippen LogP contribution in [0, 0.1) is 0 Å². The second kappa shape index (κ2) is 7.82. The SMILES string of the molecule is CCn1c(-c2nc(C(=O)N3CCCCC3CCO)cs2)cc2ccccc21. The zero-order valence-corrected chi connectivity index (χ0v) is 16.4. The molecule has 1 amide bonds. The number of fused-ring (bicyclic) bond motifs is 1. The normalized spacial score (nSPS) is 17.6. The summed E-state index contributed by atoms with van der Waals surface area (Å²) in [7, 11) is 0. The van der Waals surface area contributed by atoms with Crippen LogP contribution < -0.4 is 0 Å². The molecule has 2 aromatic heterocycles. The van der Waals surface area contributed by atoms with Gasteiger partial charge < -0.3 is 14.6 Å². The Hall–Kier alpha value is -2.18. The summed E-state index contributed by atoms with van der Waals surface area (Å²) in [5, 5.41) is 13.3. The van der Waals surface area contributed by atoms with Gasteiger partial charge in [-0.1, -0.05) is 18.2 Å². The number of aliphatic hydroxyl groups is 1. The van der Waals surface area contributed by atoms with Crippen LogP contribution in [0.4, 0.5) is 0 Å². The molecule has 5 nitrogen and oxygen atoms in total. The average Bonchev–Trinajstić information content (AvgIpc) is 3.32. The van der Waals surface area contributed by atoms with Crippen LogP contribution in [-0.2, 0) is 6.54 Å². The minimum absolute atomic E-state index is 0.00481. The van der Waals surface area contributed by atoms with Gasteiger partial charge in [0.25, 0.3) is 5.91 Å².